The zero-order valence-electron chi connectivity index (χ0n) is 10.4. The topological polar surface area (TPSA) is 55.1 Å². The van der Waals surface area contributed by atoms with Crippen LogP contribution >= 0.6 is 24.2 Å². The zero-order valence-corrected chi connectivity index (χ0v) is 12.1. The van der Waals surface area contributed by atoms with Gasteiger partial charge in [0.15, 0.2) is 0 Å². The van der Waals surface area contributed by atoms with E-state index in [0.29, 0.717) is 0 Å². The molecule has 5 heteroatoms. The number of hydrogen-bond donors (Lipinski definition) is 2. The maximum Gasteiger partial charge on any atom is 0.244 e. The fourth-order valence-electron chi connectivity index (χ4n) is 1.59. The Labute approximate surface area is 118 Å². The fourth-order valence-corrected chi connectivity index (χ4v) is 2.03. The molecule has 0 aliphatic heterocycles. The number of carbonyl (C=O) groups excluding carboxylic acids is 1. The van der Waals surface area contributed by atoms with Crippen molar-refractivity contribution in [1.82, 2.24) is 0 Å². The van der Waals surface area contributed by atoms with Gasteiger partial charge in [-0.2, -0.15) is 11.8 Å². The third-order valence-electron chi connectivity index (χ3n) is 3.05. The van der Waals surface area contributed by atoms with Gasteiger partial charge in [0.05, 0.1) is 5.54 Å². The maximum absolute atomic E-state index is 11.7. The molecule has 1 aromatic carbocycles. The molecule has 0 aromatic heterocycles. The smallest absolute Gasteiger partial charge is 0.244 e. The van der Waals surface area contributed by atoms with Crippen molar-refractivity contribution in [3.8, 4) is 0 Å². The Bertz CT molecular complexity index is 404. The lowest BCUT2D eigenvalue weighted by molar-refractivity contribution is -0.118. The van der Waals surface area contributed by atoms with Crippen LogP contribution < -0.4 is 11.1 Å². The van der Waals surface area contributed by atoms with E-state index >= 15 is 0 Å². The van der Waals surface area contributed by atoms with Gasteiger partial charge in [-0.15, -0.1) is 12.4 Å². The van der Waals surface area contributed by atoms with Crippen molar-refractivity contribution in [2.75, 3.05) is 17.3 Å². The first-order valence-electron chi connectivity index (χ1n) is 5.82. The Morgan fingerprint density at radius 3 is 2.50 bits per heavy atom. The van der Waals surface area contributed by atoms with Crippen molar-refractivity contribution in [1.29, 1.82) is 0 Å². The molecule has 0 radical (unpaired) electrons. The molecule has 0 bridgehead atoms. The van der Waals surface area contributed by atoms with Crippen molar-refractivity contribution < 1.29 is 4.79 Å². The number of benzene rings is 1. The van der Waals surface area contributed by atoms with Gasteiger partial charge < -0.3 is 11.1 Å². The van der Waals surface area contributed by atoms with Crippen LogP contribution in [0.2, 0.25) is 0 Å². The molecule has 2 rings (SSSR count). The van der Waals surface area contributed by atoms with E-state index in [4.69, 9.17) is 5.73 Å². The molecule has 3 nitrogen and oxygen atoms in total. The lowest BCUT2D eigenvalue weighted by Gasteiger charge is -2.10. The van der Waals surface area contributed by atoms with Crippen LogP contribution in [0.4, 0.5) is 5.69 Å². The number of carbonyl (C=O) groups is 1. The van der Waals surface area contributed by atoms with Gasteiger partial charge in [-0.1, -0.05) is 12.1 Å². The third-order valence-corrected chi connectivity index (χ3v) is 3.66. The van der Waals surface area contributed by atoms with Crippen molar-refractivity contribution in [3.63, 3.8) is 0 Å². The number of thioether (sulfide) groups is 1. The largest absolute Gasteiger partial charge is 0.324 e. The average molecular weight is 287 g/mol. The molecule has 0 spiro atoms. The van der Waals surface area contributed by atoms with Crippen LogP contribution in [-0.2, 0) is 11.2 Å². The molecule has 1 aromatic rings. The predicted molar refractivity (Wildman–Crippen MR) is 80.6 cm³/mol. The molecule has 1 aliphatic carbocycles. The second kappa shape index (κ2) is 6.45. The number of halogens is 1. The molecule has 1 fully saturated rings. The monoisotopic (exact) mass is 286 g/mol. The summed E-state index contributed by atoms with van der Waals surface area (Å²) in [7, 11) is 0. The van der Waals surface area contributed by atoms with Crippen molar-refractivity contribution >= 4 is 35.8 Å². The minimum Gasteiger partial charge on any atom is -0.324 e. The van der Waals surface area contributed by atoms with Crippen LogP contribution in [0.1, 0.15) is 18.4 Å². The van der Waals surface area contributed by atoms with Gasteiger partial charge in [0.25, 0.3) is 0 Å². The minimum absolute atomic E-state index is 0. The SMILES string of the molecule is CSCCc1ccc(NC(=O)C2(N)CC2)cc1.Cl. The highest BCUT2D eigenvalue weighted by molar-refractivity contribution is 7.98. The number of amides is 1. The number of nitrogens with one attached hydrogen (secondary N) is 1. The average Bonchev–Trinajstić information content (AvgIpc) is 3.08. The highest BCUT2D eigenvalue weighted by Gasteiger charge is 2.45. The van der Waals surface area contributed by atoms with Gasteiger partial charge in [-0.3, -0.25) is 4.79 Å². The van der Waals surface area contributed by atoms with E-state index in [1.54, 1.807) is 0 Å². The lowest BCUT2D eigenvalue weighted by atomic mass is 10.1. The van der Waals surface area contributed by atoms with Gasteiger partial charge >= 0.3 is 0 Å². The van der Waals surface area contributed by atoms with Crippen LogP contribution in [0, 0.1) is 0 Å². The van der Waals surface area contributed by atoms with Crippen LogP contribution in [0.5, 0.6) is 0 Å². The van der Waals surface area contributed by atoms with Gasteiger partial charge in [-0.25, -0.2) is 0 Å². The Morgan fingerprint density at radius 2 is 2.00 bits per heavy atom. The van der Waals surface area contributed by atoms with E-state index in [1.165, 1.54) is 5.56 Å². The van der Waals surface area contributed by atoms with Gasteiger partial charge in [-0.05, 0) is 49.0 Å². The summed E-state index contributed by atoms with van der Waals surface area (Å²) in [5, 5.41) is 2.86. The Morgan fingerprint density at radius 1 is 1.39 bits per heavy atom. The highest BCUT2D eigenvalue weighted by Crippen LogP contribution is 2.33. The van der Waals surface area contributed by atoms with Crippen LogP contribution in [-0.4, -0.2) is 23.5 Å². The molecule has 1 aliphatic rings. The summed E-state index contributed by atoms with van der Waals surface area (Å²) < 4.78 is 0. The molecule has 1 saturated carbocycles. The fraction of sp³-hybridized carbons (Fsp3) is 0.462. The molecule has 0 unspecified atom stereocenters. The highest BCUT2D eigenvalue weighted by atomic mass is 35.5. The number of nitrogens with two attached hydrogens (primary N) is 1. The first-order chi connectivity index (χ1) is 8.14. The van der Waals surface area contributed by atoms with Crippen molar-refractivity contribution in [3.05, 3.63) is 29.8 Å². The van der Waals surface area contributed by atoms with Gasteiger partial charge in [0.2, 0.25) is 5.91 Å². The van der Waals surface area contributed by atoms with Crippen LogP contribution in [0.3, 0.4) is 0 Å². The third kappa shape index (κ3) is 3.90. The summed E-state index contributed by atoms with van der Waals surface area (Å²) in [5.74, 6) is 1.06. The van der Waals surface area contributed by atoms with E-state index in [0.717, 1.165) is 30.7 Å². The first kappa shape index (κ1) is 15.3. The number of rotatable bonds is 5. The second-order valence-corrected chi connectivity index (χ2v) is 5.54. The van der Waals surface area contributed by atoms with E-state index < -0.39 is 5.54 Å². The normalized spacial score (nSPS) is 15.7. The van der Waals surface area contributed by atoms with E-state index in [1.807, 2.05) is 23.9 Å². The Balaban J connectivity index is 0.00000162. The Hall–Kier alpha value is -0.710. The standard InChI is InChI=1S/C13H18N2OS.ClH/c1-17-9-6-10-2-4-11(5-3-10)15-12(16)13(14)7-8-13;/h2-5H,6-9,14H2,1H3,(H,15,16);1H. The molecule has 1 amide bonds. The number of hydrogen-bond acceptors (Lipinski definition) is 3. The quantitative estimate of drug-likeness (QED) is 0.874. The molecular weight excluding hydrogens is 268 g/mol. The molecule has 3 N–H and O–H groups in total. The first-order valence-corrected chi connectivity index (χ1v) is 7.22. The second-order valence-electron chi connectivity index (χ2n) is 4.55. The van der Waals surface area contributed by atoms with Crippen LogP contribution in [0.25, 0.3) is 0 Å². The molecule has 0 atom stereocenters. The molecule has 0 saturated heterocycles. The van der Waals surface area contributed by atoms with E-state index in [2.05, 4.69) is 23.7 Å². The van der Waals surface area contributed by atoms with Gasteiger partial charge in [0, 0.05) is 5.69 Å². The maximum atomic E-state index is 11.7. The van der Waals surface area contributed by atoms with Crippen molar-refractivity contribution in [2.45, 2.75) is 24.8 Å². The molecule has 100 valence electrons. The van der Waals surface area contributed by atoms with Gasteiger partial charge in [0.1, 0.15) is 0 Å². The zero-order chi connectivity index (χ0) is 12.3. The lowest BCUT2D eigenvalue weighted by Crippen LogP contribution is -2.37. The summed E-state index contributed by atoms with van der Waals surface area (Å²) in [4.78, 5) is 11.7. The molecule has 18 heavy (non-hydrogen) atoms. The van der Waals surface area contributed by atoms with E-state index in [-0.39, 0.29) is 18.3 Å². The minimum atomic E-state index is -0.600. The Kier molecular flexibility index (Phi) is 5.50. The van der Waals surface area contributed by atoms with Crippen LogP contribution in [0.15, 0.2) is 24.3 Å². The van der Waals surface area contributed by atoms with E-state index in [9.17, 15) is 4.79 Å². The summed E-state index contributed by atoms with van der Waals surface area (Å²) >= 11 is 1.84. The summed E-state index contributed by atoms with van der Waals surface area (Å²) in [6, 6.07) is 8.00. The molecule has 0 heterocycles. The van der Waals surface area contributed by atoms with Crippen molar-refractivity contribution in [2.24, 2.45) is 5.73 Å². The number of aryl methyl sites for hydroxylation is 1. The summed E-state index contributed by atoms with van der Waals surface area (Å²) in [6.07, 6.45) is 4.76. The number of anilines is 1. The summed E-state index contributed by atoms with van der Waals surface area (Å²) in [5.41, 5.74) is 7.35. The molecular formula is C13H19ClN2OS. The summed E-state index contributed by atoms with van der Waals surface area (Å²) in [6.45, 7) is 0. The predicted octanol–water partition coefficient (Wildman–Crippen LogP) is 2.44.